The highest BCUT2D eigenvalue weighted by molar-refractivity contribution is 5.79. The molecule has 0 saturated carbocycles. The van der Waals surface area contributed by atoms with Gasteiger partial charge in [0.1, 0.15) is 12.4 Å². The number of rotatable bonds is 13. The summed E-state index contributed by atoms with van der Waals surface area (Å²) in [4.78, 5) is 4.47. The first-order valence-corrected chi connectivity index (χ1v) is 9.95. The Bertz CT molecular complexity index is 755. The number of furan rings is 1. The Morgan fingerprint density at radius 3 is 2.73 bits per heavy atom. The molecule has 2 aromatic rings. The number of guanidine groups is 1. The first kappa shape index (κ1) is 23.5. The van der Waals surface area contributed by atoms with Crippen LogP contribution in [0.5, 0.6) is 11.5 Å². The Labute approximate surface area is 175 Å². The van der Waals surface area contributed by atoms with Gasteiger partial charge in [-0.05, 0) is 38.5 Å². The molecule has 0 amide bonds. The highest BCUT2D eigenvalue weighted by Crippen LogP contribution is 2.33. The number of para-hydroxylation sites is 1. The molecule has 166 valence electrons. The highest BCUT2D eigenvalue weighted by atomic mass is 19.3. The molecule has 30 heavy (non-hydrogen) atoms. The van der Waals surface area contributed by atoms with Crippen LogP contribution in [0.15, 0.2) is 46.0 Å². The Kier molecular flexibility index (Phi) is 10.5. The molecule has 1 heterocycles. The minimum absolute atomic E-state index is 0.0141. The maximum absolute atomic E-state index is 12.8. The maximum atomic E-state index is 12.8. The molecule has 2 rings (SSSR count). The van der Waals surface area contributed by atoms with Crippen molar-refractivity contribution in [2.75, 3.05) is 26.3 Å². The van der Waals surface area contributed by atoms with Gasteiger partial charge in [-0.2, -0.15) is 8.78 Å². The normalized spacial score (nSPS) is 11.6. The second-order valence-electron chi connectivity index (χ2n) is 6.16. The number of halogens is 2. The zero-order chi connectivity index (χ0) is 21.6. The van der Waals surface area contributed by atoms with E-state index in [9.17, 15) is 8.78 Å². The van der Waals surface area contributed by atoms with Gasteiger partial charge < -0.3 is 29.3 Å². The summed E-state index contributed by atoms with van der Waals surface area (Å²) in [6, 6.07) is 8.70. The summed E-state index contributed by atoms with van der Waals surface area (Å²) in [5.74, 6) is 1.65. The van der Waals surface area contributed by atoms with E-state index in [2.05, 4.69) is 20.4 Å². The average molecular weight is 425 g/mol. The zero-order valence-electron chi connectivity index (χ0n) is 17.3. The number of benzene rings is 1. The van der Waals surface area contributed by atoms with E-state index in [-0.39, 0.29) is 18.0 Å². The Hall–Kier alpha value is -2.81. The van der Waals surface area contributed by atoms with Crippen molar-refractivity contribution >= 4 is 5.96 Å². The molecule has 0 aliphatic carbocycles. The number of nitrogens with one attached hydrogen (secondary N) is 2. The van der Waals surface area contributed by atoms with Crippen LogP contribution in [0.3, 0.4) is 0 Å². The van der Waals surface area contributed by atoms with E-state index in [1.54, 1.807) is 31.4 Å². The molecule has 0 fully saturated rings. The molecule has 7 nitrogen and oxygen atoms in total. The van der Waals surface area contributed by atoms with E-state index in [0.29, 0.717) is 44.4 Å². The quantitative estimate of drug-likeness (QED) is 0.288. The third-order valence-corrected chi connectivity index (χ3v) is 3.90. The lowest BCUT2D eigenvalue weighted by atomic mass is 10.2. The van der Waals surface area contributed by atoms with E-state index in [1.165, 1.54) is 0 Å². The second kappa shape index (κ2) is 13.4. The van der Waals surface area contributed by atoms with Crippen molar-refractivity contribution in [2.45, 2.75) is 40.0 Å². The smallest absolute Gasteiger partial charge is 0.387 e. The second-order valence-corrected chi connectivity index (χ2v) is 6.16. The van der Waals surface area contributed by atoms with Gasteiger partial charge in [-0.1, -0.05) is 12.1 Å². The fourth-order valence-corrected chi connectivity index (χ4v) is 2.63. The predicted octanol–water partition coefficient (Wildman–Crippen LogP) is 3.94. The van der Waals surface area contributed by atoms with Gasteiger partial charge in [-0.25, -0.2) is 4.99 Å². The molecule has 2 N–H and O–H groups in total. The summed E-state index contributed by atoms with van der Waals surface area (Å²) in [6.07, 6.45) is 2.38. The standard InChI is InChI=1S/C21H29F2N3O4/c1-3-24-21(25-11-7-12-27-15-17-9-6-13-29-17)26-14-16-8-5-10-18(28-4-2)19(16)30-20(22)23/h5-6,8-10,13,20H,3-4,7,11-12,14-15H2,1-2H3,(H2,24,25,26). The van der Waals surface area contributed by atoms with Crippen molar-refractivity contribution in [3.05, 3.63) is 47.9 Å². The molecular weight excluding hydrogens is 396 g/mol. The predicted molar refractivity (Wildman–Crippen MR) is 110 cm³/mol. The van der Waals surface area contributed by atoms with Gasteiger partial charge in [-0.3, -0.25) is 0 Å². The van der Waals surface area contributed by atoms with Gasteiger partial charge >= 0.3 is 6.61 Å². The average Bonchev–Trinajstić information content (AvgIpc) is 3.24. The monoisotopic (exact) mass is 425 g/mol. The summed E-state index contributed by atoms with van der Waals surface area (Å²) in [5.41, 5.74) is 0.514. The van der Waals surface area contributed by atoms with Crippen molar-refractivity contribution in [2.24, 2.45) is 4.99 Å². The van der Waals surface area contributed by atoms with Gasteiger partial charge in [-0.15, -0.1) is 0 Å². The maximum Gasteiger partial charge on any atom is 0.387 e. The van der Waals surface area contributed by atoms with E-state index in [0.717, 1.165) is 12.2 Å². The molecule has 9 heteroatoms. The summed E-state index contributed by atoms with van der Waals surface area (Å²) in [7, 11) is 0. The van der Waals surface area contributed by atoms with Crippen LogP contribution in [0.2, 0.25) is 0 Å². The SMILES string of the molecule is CCNC(=NCc1cccc(OCC)c1OC(F)F)NCCCOCc1ccco1. The molecule has 1 aromatic carbocycles. The third-order valence-electron chi connectivity index (χ3n) is 3.90. The molecule has 1 aromatic heterocycles. The number of alkyl halides is 2. The van der Waals surface area contributed by atoms with Crippen molar-refractivity contribution < 1.29 is 27.4 Å². The summed E-state index contributed by atoms with van der Waals surface area (Å²) in [5, 5.41) is 6.33. The molecule has 0 saturated heterocycles. The van der Waals surface area contributed by atoms with Gasteiger partial charge in [0.05, 0.1) is 19.4 Å². The number of ether oxygens (including phenoxy) is 3. The van der Waals surface area contributed by atoms with Crippen molar-refractivity contribution in [3.63, 3.8) is 0 Å². The number of hydrogen-bond acceptors (Lipinski definition) is 5. The third kappa shape index (κ3) is 8.28. The van der Waals surface area contributed by atoms with Crippen LogP contribution in [-0.4, -0.2) is 38.9 Å². The Morgan fingerprint density at radius 1 is 1.17 bits per heavy atom. The zero-order valence-corrected chi connectivity index (χ0v) is 17.3. The van der Waals surface area contributed by atoms with E-state index in [4.69, 9.17) is 13.9 Å². The highest BCUT2D eigenvalue weighted by Gasteiger charge is 2.15. The van der Waals surface area contributed by atoms with Gasteiger partial charge in [0, 0.05) is 25.3 Å². The van der Waals surface area contributed by atoms with Gasteiger partial charge in [0.25, 0.3) is 0 Å². The van der Waals surface area contributed by atoms with Gasteiger partial charge in [0.15, 0.2) is 17.5 Å². The van der Waals surface area contributed by atoms with Crippen molar-refractivity contribution in [1.82, 2.24) is 10.6 Å². The van der Waals surface area contributed by atoms with Crippen molar-refractivity contribution in [1.29, 1.82) is 0 Å². The summed E-state index contributed by atoms with van der Waals surface area (Å²) >= 11 is 0. The fraction of sp³-hybridized carbons (Fsp3) is 0.476. The van der Waals surface area contributed by atoms with Crippen molar-refractivity contribution in [3.8, 4) is 11.5 Å². The van der Waals surface area contributed by atoms with E-state index in [1.807, 2.05) is 19.1 Å². The molecule has 0 aliphatic rings. The van der Waals surface area contributed by atoms with E-state index >= 15 is 0 Å². The minimum Gasteiger partial charge on any atom is -0.490 e. The molecule has 0 radical (unpaired) electrons. The first-order chi connectivity index (χ1) is 14.6. The molecule has 0 aliphatic heterocycles. The largest absolute Gasteiger partial charge is 0.490 e. The molecular formula is C21H29F2N3O4. The summed E-state index contributed by atoms with van der Waals surface area (Å²) < 4.78 is 46.5. The first-order valence-electron chi connectivity index (χ1n) is 9.95. The van der Waals surface area contributed by atoms with Crippen LogP contribution in [0.4, 0.5) is 8.78 Å². The van der Waals surface area contributed by atoms with Gasteiger partial charge in [0.2, 0.25) is 0 Å². The molecule has 0 unspecified atom stereocenters. The minimum atomic E-state index is -2.94. The van der Waals surface area contributed by atoms with Crippen LogP contribution in [0.25, 0.3) is 0 Å². The topological polar surface area (TPSA) is 77.3 Å². The van der Waals surface area contributed by atoms with Crippen LogP contribution in [0, 0.1) is 0 Å². The number of hydrogen-bond donors (Lipinski definition) is 2. The summed E-state index contributed by atoms with van der Waals surface area (Å²) in [6.45, 7) is 3.60. The Morgan fingerprint density at radius 2 is 2.03 bits per heavy atom. The van der Waals surface area contributed by atoms with E-state index < -0.39 is 6.61 Å². The molecule has 0 atom stereocenters. The van der Waals surface area contributed by atoms with Crippen LogP contribution in [0.1, 0.15) is 31.6 Å². The Balaban J connectivity index is 1.89. The number of aliphatic imine (C=N–C) groups is 1. The fourth-order valence-electron chi connectivity index (χ4n) is 2.63. The van der Waals surface area contributed by atoms with Crippen LogP contribution in [-0.2, 0) is 17.9 Å². The lowest BCUT2D eigenvalue weighted by Gasteiger charge is -2.15. The molecule has 0 bridgehead atoms. The van der Waals surface area contributed by atoms with Crippen LogP contribution < -0.4 is 20.1 Å². The lowest BCUT2D eigenvalue weighted by molar-refractivity contribution is -0.0520. The van der Waals surface area contributed by atoms with Crippen LogP contribution >= 0.6 is 0 Å². The molecule has 0 spiro atoms. The number of nitrogens with zero attached hydrogens (tertiary/aromatic N) is 1. The lowest BCUT2D eigenvalue weighted by Crippen LogP contribution is -2.38.